The maximum absolute atomic E-state index is 12.1. The molecule has 0 fully saturated rings. The van der Waals surface area contributed by atoms with Crippen LogP contribution in [-0.2, 0) is 16.2 Å². The van der Waals surface area contributed by atoms with Gasteiger partial charge >= 0.3 is 11.8 Å². The molecule has 2 N–H and O–H groups in total. The maximum atomic E-state index is 12.1. The molecule has 3 aromatic carbocycles. The van der Waals surface area contributed by atoms with E-state index in [1.807, 2.05) is 6.92 Å². The molecule has 188 valence electrons. The van der Waals surface area contributed by atoms with Crippen molar-refractivity contribution in [2.24, 2.45) is 5.10 Å². The highest BCUT2D eigenvalue weighted by Gasteiger charge is 2.13. The van der Waals surface area contributed by atoms with E-state index in [0.717, 1.165) is 6.42 Å². The lowest BCUT2D eigenvalue weighted by atomic mass is 10.2. The summed E-state index contributed by atoms with van der Waals surface area (Å²) in [5, 5.41) is 7.34. The zero-order valence-electron chi connectivity index (χ0n) is 19.7. The molecule has 0 saturated heterocycles. The summed E-state index contributed by atoms with van der Waals surface area (Å²) in [7, 11) is 1.50. The van der Waals surface area contributed by atoms with Crippen molar-refractivity contribution in [1.82, 2.24) is 5.43 Å². The van der Waals surface area contributed by atoms with Gasteiger partial charge in [0, 0.05) is 21.3 Å². The fourth-order valence-corrected chi connectivity index (χ4v) is 3.47. The van der Waals surface area contributed by atoms with Crippen LogP contribution in [-0.4, -0.2) is 31.7 Å². The predicted molar refractivity (Wildman–Crippen MR) is 140 cm³/mol. The van der Waals surface area contributed by atoms with Gasteiger partial charge in [0.2, 0.25) is 0 Å². The van der Waals surface area contributed by atoms with Crippen molar-refractivity contribution in [2.75, 3.05) is 19.0 Å². The number of hydrogen-bond acceptors (Lipinski definition) is 6. The van der Waals surface area contributed by atoms with Crippen LogP contribution in [0, 0.1) is 0 Å². The van der Waals surface area contributed by atoms with Crippen LogP contribution in [0.1, 0.15) is 24.5 Å². The summed E-state index contributed by atoms with van der Waals surface area (Å²) in [6.07, 6.45) is 2.27. The van der Waals surface area contributed by atoms with Crippen LogP contribution in [0.25, 0.3) is 0 Å². The number of benzene rings is 3. The Labute approximate surface area is 219 Å². The Bertz CT molecular complexity index is 1210. The number of carbonyl (C=O) groups is 2. The van der Waals surface area contributed by atoms with E-state index in [0.29, 0.717) is 50.7 Å². The Morgan fingerprint density at radius 2 is 1.67 bits per heavy atom. The van der Waals surface area contributed by atoms with Crippen LogP contribution in [0.3, 0.4) is 0 Å². The number of anilines is 1. The average molecular weight is 530 g/mol. The summed E-state index contributed by atoms with van der Waals surface area (Å²) in [6.45, 7) is 2.77. The Morgan fingerprint density at radius 3 is 2.33 bits per heavy atom. The quantitative estimate of drug-likeness (QED) is 0.206. The van der Waals surface area contributed by atoms with Crippen molar-refractivity contribution in [2.45, 2.75) is 20.0 Å². The molecule has 0 radical (unpaired) electrons. The summed E-state index contributed by atoms with van der Waals surface area (Å²) in [5.41, 5.74) is 3.93. The standard InChI is InChI=1S/C26H25Cl2N3O5/c1-3-13-35-19-10-8-18(9-11-19)30-25(32)26(33)31-29-15-17-7-12-23(24(14-17)34-2)36-16-20-21(27)5-4-6-22(20)28/h4-12,14-15H,3,13,16H2,1-2H3,(H,30,32)(H,31,33)/b29-15-. The van der Waals surface area contributed by atoms with Crippen molar-refractivity contribution >= 4 is 46.9 Å². The largest absolute Gasteiger partial charge is 0.494 e. The lowest BCUT2D eigenvalue weighted by Crippen LogP contribution is -2.32. The number of hydrazone groups is 1. The molecule has 3 aromatic rings. The third kappa shape index (κ3) is 7.63. The fraction of sp³-hybridized carbons (Fsp3) is 0.192. The van der Waals surface area contributed by atoms with E-state index in [1.54, 1.807) is 60.7 Å². The number of nitrogens with zero attached hydrogens (tertiary/aromatic N) is 1. The monoisotopic (exact) mass is 529 g/mol. The molecular weight excluding hydrogens is 505 g/mol. The summed E-state index contributed by atoms with van der Waals surface area (Å²) in [5.74, 6) is -0.170. The lowest BCUT2D eigenvalue weighted by molar-refractivity contribution is -0.136. The van der Waals surface area contributed by atoms with Crippen molar-refractivity contribution in [1.29, 1.82) is 0 Å². The first-order valence-electron chi connectivity index (χ1n) is 11.0. The minimum atomic E-state index is -0.916. The lowest BCUT2D eigenvalue weighted by Gasteiger charge is -2.13. The Balaban J connectivity index is 1.54. The first kappa shape index (κ1) is 26.8. The van der Waals surface area contributed by atoms with Crippen LogP contribution >= 0.6 is 23.2 Å². The van der Waals surface area contributed by atoms with Gasteiger partial charge in [0.15, 0.2) is 11.5 Å². The second-order valence-electron chi connectivity index (χ2n) is 7.43. The first-order chi connectivity index (χ1) is 17.4. The molecule has 0 heterocycles. The SMILES string of the molecule is CCCOc1ccc(NC(=O)C(=O)N/N=C\c2ccc(OCc3c(Cl)cccc3Cl)c(OC)c2)cc1. The minimum absolute atomic E-state index is 0.155. The highest BCUT2D eigenvalue weighted by molar-refractivity contribution is 6.39. The molecule has 0 aliphatic carbocycles. The van der Waals surface area contributed by atoms with E-state index in [9.17, 15) is 9.59 Å². The van der Waals surface area contributed by atoms with Crippen LogP contribution in [0.4, 0.5) is 5.69 Å². The van der Waals surface area contributed by atoms with Gasteiger partial charge in [-0.3, -0.25) is 9.59 Å². The third-order valence-corrected chi connectivity index (χ3v) is 5.50. The molecule has 2 amide bonds. The van der Waals surface area contributed by atoms with Crippen molar-refractivity contribution in [3.8, 4) is 17.2 Å². The number of ether oxygens (including phenoxy) is 3. The Hall–Kier alpha value is -3.75. The second-order valence-corrected chi connectivity index (χ2v) is 8.24. The van der Waals surface area contributed by atoms with Gasteiger partial charge in [-0.15, -0.1) is 0 Å². The zero-order chi connectivity index (χ0) is 25.9. The van der Waals surface area contributed by atoms with E-state index >= 15 is 0 Å². The molecule has 0 spiro atoms. The number of rotatable bonds is 10. The summed E-state index contributed by atoms with van der Waals surface area (Å²) >= 11 is 12.4. The van der Waals surface area contributed by atoms with Crippen molar-refractivity contribution < 1.29 is 23.8 Å². The normalized spacial score (nSPS) is 10.7. The molecule has 0 atom stereocenters. The molecule has 0 aromatic heterocycles. The van der Waals surface area contributed by atoms with Gasteiger partial charge in [-0.05, 0) is 66.6 Å². The van der Waals surface area contributed by atoms with Crippen LogP contribution in [0.2, 0.25) is 10.0 Å². The number of hydrogen-bond donors (Lipinski definition) is 2. The highest BCUT2D eigenvalue weighted by Crippen LogP contribution is 2.31. The van der Waals surface area contributed by atoms with E-state index in [1.165, 1.54) is 13.3 Å². The van der Waals surface area contributed by atoms with Gasteiger partial charge in [0.05, 0.1) is 19.9 Å². The molecule has 3 rings (SSSR count). The van der Waals surface area contributed by atoms with Crippen LogP contribution in [0.15, 0.2) is 65.8 Å². The predicted octanol–water partition coefficient (Wildman–Crippen LogP) is 5.46. The maximum Gasteiger partial charge on any atom is 0.329 e. The van der Waals surface area contributed by atoms with Gasteiger partial charge in [0.25, 0.3) is 0 Å². The van der Waals surface area contributed by atoms with Gasteiger partial charge in [0.1, 0.15) is 12.4 Å². The molecule has 0 saturated carbocycles. The number of amides is 2. The number of halogens is 2. The summed E-state index contributed by atoms with van der Waals surface area (Å²) < 4.78 is 16.7. The number of nitrogens with one attached hydrogen (secondary N) is 2. The van der Waals surface area contributed by atoms with E-state index in [-0.39, 0.29) is 6.61 Å². The fourth-order valence-electron chi connectivity index (χ4n) is 2.96. The van der Waals surface area contributed by atoms with Crippen LogP contribution < -0.4 is 25.0 Å². The zero-order valence-corrected chi connectivity index (χ0v) is 21.2. The second kappa shape index (κ2) is 13.4. The molecular formula is C26H25Cl2N3O5. The molecule has 8 nitrogen and oxygen atoms in total. The van der Waals surface area contributed by atoms with Gasteiger partial charge in [-0.25, -0.2) is 5.43 Å². The summed E-state index contributed by atoms with van der Waals surface area (Å²) in [4.78, 5) is 24.2. The van der Waals surface area contributed by atoms with Gasteiger partial charge in [-0.2, -0.15) is 5.10 Å². The highest BCUT2D eigenvalue weighted by atomic mass is 35.5. The Morgan fingerprint density at radius 1 is 0.944 bits per heavy atom. The smallest absolute Gasteiger partial charge is 0.329 e. The Kier molecular flexibility index (Phi) is 9.97. The van der Waals surface area contributed by atoms with Crippen molar-refractivity contribution in [3.63, 3.8) is 0 Å². The molecule has 0 aliphatic heterocycles. The third-order valence-electron chi connectivity index (χ3n) is 4.79. The average Bonchev–Trinajstić information content (AvgIpc) is 2.88. The minimum Gasteiger partial charge on any atom is -0.494 e. The molecule has 36 heavy (non-hydrogen) atoms. The number of carbonyl (C=O) groups excluding carboxylic acids is 2. The van der Waals surface area contributed by atoms with Gasteiger partial charge < -0.3 is 19.5 Å². The van der Waals surface area contributed by atoms with Crippen molar-refractivity contribution in [3.05, 3.63) is 81.8 Å². The van der Waals surface area contributed by atoms with Crippen LogP contribution in [0.5, 0.6) is 17.2 Å². The first-order valence-corrected chi connectivity index (χ1v) is 11.8. The van der Waals surface area contributed by atoms with Gasteiger partial charge in [-0.1, -0.05) is 36.2 Å². The van der Waals surface area contributed by atoms with E-state index < -0.39 is 11.8 Å². The summed E-state index contributed by atoms with van der Waals surface area (Å²) in [6, 6.07) is 17.0. The number of methoxy groups -OCH3 is 1. The van der Waals surface area contributed by atoms with E-state index in [2.05, 4.69) is 15.8 Å². The molecule has 0 unspecified atom stereocenters. The molecule has 0 aliphatic rings. The molecule has 0 bridgehead atoms. The topological polar surface area (TPSA) is 98.2 Å². The molecule has 10 heteroatoms. The van der Waals surface area contributed by atoms with E-state index in [4.69, 9.17) is 37.4 Å².